The molecule has 2 atom stereocenters. The largest absolute Gasteiger partial charge is 0.433 e. The Morgan fingerprint density at radius 3 is 2.74 bits per heavy atom. The van der Waals surface area contributed by atoms with Crippen molar-refractivity contribution >= 4 is 21.6 Å². The first-order valence-electron chi connectivity index (χ1n) is 7.20. The number of nitrogens with zero attached hydrogens (tertiary/aromatic N) is 1. The summed E-state index contributed by atoms with van der Waals surface area (Å²) in [4.78, 5) is -0.0468. The molecule has 1 fully saturated rings. The molecule has 130 valence electrons. The molecule has 0 amide bonds. The number of halogens is 3. The van der Waals surface area contributed by atoms with E-state index >= 15 is 0 Å². The van der Waals surface area contributed by atoms with Crippen molar-refractivity contribution in [2.75, 3.05) is 19.6 Å². The predicted molar refractivity (Wildman–Crippen MR) is 83.2 cm³/mol. The number of hydrogen-bond donors (Lipinski definition) is 1. The maximum atomic E-state index is 12.7. The Morgan fingerprint density at radius 1 is 1.48 bits per heavy atom. The van der Waals surface area contributed by atoms with Gasteiger partial charge in [0.1, 0.15) is 5.75 Å². The summed E-state index contributed by atoms with van der Waals surface area (Å²) in [7, 11) is -3.75. The number of hydrogen-bond acceptors (Lipinski definition) is 4. The number of nitrogens with two attached hydrogens (primary N) is 1. The van der Waals surface area contributed by atoms with Gasteiger partial charge in [0.15, 0.2) is 0 Å². The third-order valence-corrected chi connectivity index (χ3v) is 6.29. The summed E-state index contributed by atoms with van der Waals surface area (Å²) >= 11 is 5.84. The van der Waals surface area contributed by atoms with Gasteiger partial charge in [0.2, 0.25) is 10.0 Å². The zero-order valence-electron chi connectivity index (χ0n) is 12.6. The highest BCUT2D eigenvalue weighted by Crippen LogP contribution is 2.32. The lowest BCUT2D eigenvalue weighted by atomic mass is 9.88. The predicted octanol–water partition coefficient (Wildman–Crippen LogP) is 2.55. The fraction of sp³-hybridized carbons (Fsp3) is 0.571. The lowest BCUT2D eigenvalue weighted by molar-refractivity contribution is -0.0498. The van der Waals surface area contributed by atoms with E-state index in [4.69, 9.17) is 17.3 Å². The first kappa shape index (κ1) is 18.4. The second-order valence-electron chi connectivity index (χ2n) is 5.60. The molecule has 1 aliphatic heterocycles. The van der Waals surface area contributed by atoms with E-state index in [1.54, 1.807) is 0 Å². The number of ether oxygens (including phenoxy) is 1. The zero-order valence-corrected chi connectivity index (χ0v) is 14.2. The van der Waals surface area contributed by atoms with Crippen LogP contribution >= 0.6 is 11.6 Å². The van der Waals surface area contributed by atoms with Crippen molar-refractivity contribution in [1.29, 1.82) is 0 Å². The zero-order chi connectivity index (χ0) is 17.2. The summed E-state index contributed by atoms with van der Waals surface area (Å²) in [6.07, 6.45) is 0.724. The van der Waals surface area contributed by atoms with Crippen LogP contribution in [0.1, 0.15) is 13.3 Å². The van der Waals surface area contributed by atoms with Crippen molar-refractivity contribution in [3.8, 4) is 5.75 Å². The lowest BCUT2D eigenvalue weighted by Crippen LogP contribution is -2.45. The molecular weight excluding hydrogens is 350 g/mol. The fourth-order valence-corrected chi connectivity index (χ4v) is 4.45. The maximum Gasteiger partial charge on any atom is 0.387 e. The van der Waals surface area contributed by atoms with E-state index in [2.05, 4.69) is 11.7 Å². The number of sulfonamides is 1. The summed E-state index contributed by atoms with van der Waals surface area (Å²) in [6, 6.07) is 3.48. The second kappa shape index (κ2) is 7.29. The van der Waals surface area contributed by atoms with Gasteiger partial charge in [-0.25, -0.2) is 8.42 Å². The molecule has 1 heterocycles. The standard InChI is InChI=1S/C14H19ClF2N2O3S/c1-9-4-5-19(8-10(9)7-18)23(20,21)11-2-3-13(12(15)6-11)22-14(16)17/h2-3,6,9-10,14H,4-5,7-8,18H2,1H3. The quantitative estimate of drug-likeness (QED) is 0.866. The van der Waals surface area contributed by atoms with Gasteiger partial charge in [0.05, 0.1) is 9.92 Å². The minimum absolute atomic E-state index is 0.0468. The topological polar surface area (TPSA) is 72.6 Å². The van der Waals surface area contributed by atoms with Crippen LogP contribution < -0.4 is 10.5 Å². The molecule has 2 N–H and O–H groups in total. The molecule has 9 heteroatoms. The maximum absolute atomic E-state index is 12.7. The van der Waals surface area contributed by atoms with Crippen molar-refractivity contribution in [2.24, 2.45) is 17.6 Å². The van der Waals surface area contributed by atoms with Crippen LogP contribution in [0.25, 0.3) is 0 Å². The van der Waals surface area contributed by atoms with Gasteiger partial charge in [0.25, 0.3) is 0 Å². The van der Waals surface area contributed by atoms with Crippen LogP contribution in [0.5, 0.6) is 5.75 Å². The number of rotatable bonds is 5. The Hall–Kier alpha value is -0.960. The molecule has 1 aromatic rings. The summed E-state index contributed by atoms with van der Waals surface area (Å²) in [6.45, 7) is 0.174. The summed E-state index contributed by atoms with van der Waals surface area (Å²) in [5.74, 6) is 0.194. The van der Waals surface area contributed by atoms with Crippen LogP contribution in [-0.2, 0) is 10.0 Å². The van der Waals surface area contributed by atoms with Gasteiger partial charge >= 0.3 is 6.61 Å². The molecule has 0 aromatic heterocycles. The van der Waals surface area contributed by atoms with Crippen molar-refractivity contribution < 1.29 is 21.9 Å². The Kier molecular flexibility index (Phi) is 5.83. The second-order valence-corrected chi connectivity index (χ2v) is 7.94. The summed E-state index contributed by atoms with van der Waals surface area (Å²) in [5.41, 5.74) is 5.70. The van der Waals surface area contributed by atoms with Gasteiger partial charge in [-0.1, -0.05) is 18.5 Å². The summed E-state index contributed by atoms with van der Waals surface area (Å²) in [5, 5.41) is -0.174. The molecule has 1 saturated heterocycles. The van der Waals surface area contributed by atoms with Crippen LogP contribution in [0, 0.1) is 11.8 Å². The summed E-state index contributed by atoms with van der Waals surface area (Å²) < 4.78 is 55.4. The van der Waals surface area contributed by atoms with E-state index in [0.29, 0.717) is 25.6 Å². The van der Waals surface area contributed by atoms with Gasteiger partial charge in [-0.05, 0) is 43.0 Å². The highest BCUT2D eigenvalue weighted by atomic mass is 35.5. The van der Waals surface area contributed by atoms with E-state index in [-0.39, 0.29) is 21.6 Å². The average molecular weight is 369 g/mol. The number of benzene rings is 1. The minimum atomic E-state index is -3.75. The SMILES string of the molecule is CC1CCN(S(=O)(=O)c2ccc(OC(F)F)c(Cl)c2)CC1CN. The Balaban J connectivity index is 2.24. The molecule has 2 unspecified atom stereocenters. The fourth-order valence-electron chi connectivity index (χ4n) is 2.62. The average Bonchev–Trinajstić information content (AvgIpc) is 2.49. The molecule has 0 bridgehead atoms. The first-order valence-corrected chi connectivity index (χ1v) is 9.02. The molecule has 2 rings (SSSR count). The minimum Gasteiger partial charge on any atom is -0.433 e. The lowest BCUT2D eigenvalue weighted by Gasteiger charge is -2.35. The highest BCUT2D eigenvalue weighted by molar-refractivity contribution is 7.89. The van der Waals surface area contributed by atoms with Crippen molar-refractivity contribution in [1.82, 2.24) is 4.31 Å². The van der Waals surface area contributed by atoms with Crippen LogP contribution in [-0.4, -0.2) is 39.0 Å². The molecule has 0 radical (unpaired) electrons. The molecule has 1 aromatic carbocycles. The smallest absolute Gasteiger partial charge is 0.387 e. The molecule has 5 nitrogen and oxygen atoms in total. The van der Waals surface area contributed by atoms with Crippen LogP contribution in [0.15, 0.2) is 23.1 Å². The van der Waals surface area contributed by atoms with Crippen LogP contribution in [0.4, 0.5) is 8.78 Å². The third-order valence-electron chi connectivity index (χ3n) is 4.14. The highest BCUT2D eigenvalue weighted by Gasteiger charge is 2.33. The van der Waals surface area contributed by atoms with Gasteiger partial charge < -0.3 is 10.5 Å². The Morgan fingerprint density at radius 2 is 2.17 bits per heavy atom. The molecule has 0 aliphatic carbocycles. The van der Waals surface area contributed by atoms with Crippen molar-refractivity contribution in [2.45, 2.75) is 24.9 Å². The Labute approximate surface area is 139 Å². The molecule has 0 spiro atoms. The monoisotopic (exact) mass is 368 g/mol. The van der Waals surface area contributed by atoms with E-state index in [0.717, 1.165) is 18.6 Å². The van der Waals surface area contributed by atoms with Crippen molar-refractivity contribution in [3.05, 3.63) is 23.2 Å². The van der Waals surface area contributed by atoms with Crippen LogP contribution in [0.2, 0.25) is 5.02 Å². The number of alkyl halides is 2. The van der Waals surface area contributed by atoms with Crippen LogP contribution in [0.3, 0.4) is 0 Å². The van der Waals surface area contributed by atoms with E-state index in [9.17, 15) is 17.2 Å². The molecular formula is C14H19ClF2N2O3S. The Bertz CT molecular complexity index is 657. The van der Waals surface area contributed by atoms with Gasteiger partial charge in [0, 0.05) is 13.1 Å². The third kappa shape index (κ3) is 4.12. The van der Waals surface area contributed by atoms with Crippen molar-refractivity contribution in [3.63, 3.8) is 0 Å². The van der Waals surface area contributed by atoms with Gasteiger partial charge in [-0.2, -0.15) is 13.1 Å². The molecule has 0 saturated carbocycles. The van der Waals surface area contributed by atoms with Gasteiger partial charge in [-0.3, -0.25) is 0 Å². The molecule has 23 heavy (non-hydrogen) atoms. The van der Waals surface area contributed by atoms with E-state index in [1.807, 2.05) is 0 Å². The van der Waals surface area contributed by atoms with E-state index in [1.165, 1.54) is 10.4 Å². The first-order chi connectivity index (χ1) is 10.8. The number of piperidine rings is 1. The van der Waals surface area contributed by atoms with E-state index < -0.39 is 16.6 Å². The normalized spacial score (nSPS) is 23.2. The van der Waals surface area contributed by atoms with Gasteiger partial charge in [-0.15, -0.1) is 0 Å². The molecule has 1 aliphatic rings.